The summed E-state index contributed by atoms with van der Waals surface area (Å²) in [5, 5.41) is 9.51. The maximum Gasteiger partial charge on any atom is 0.241 e. The van der Waals surface area contributed by atoms with Gasteiger partial charge in [-0.25, -0.2) is 13.1 Å². The molecule has 21 heavy (non-hydrogen) atoms. The van der Waals surface area contributed by atoms with Gasteiger partial charge in [-0.1, -0.05) is 6.07 Å². The van der Waals surface area contributed by atoms with E-state index in [4.69, 9.17) is 0 Å². The lowest BCUT2D eigenvalue weighted by Crippen LogP contribution is -2.59. The molecular formula is C16H21NO3S. The number of phenols is 1. The van der Waals surface area contributed by atoms with Crippen LogP contribution in [0.25, 0.3) is 0 Å². The summed E-state index contributed by atoms with van der Waals surface area (Å²) in [5.41, 5.74) is -0.237. The molecule has 4 fully saturated rings. The molecule has 4 nitrogen and oxygen atoms in total. The molecule has 0 aromatic heterocycles. The monoisotopic (exact) mass is 307 g/mol. The van der Waals surface area contributed by atoms with Crippen molar-refractivity contribution >= 4 is 10.0 Å². The van der Waals surface area contributed by atoms with Crippen LogP contribution in [-0.2, 0) is 10.0 Å². The van der Waals surface area contributed by atoms with E-state index in [0.29, 0.717) is 17.8 Å². The Hall–Kier alpha value is -1.07. The topological polar surface area (TPSA) is 66.4 Å². The summed E-state index contributed by atoms with van der Waals surface area (Å²) in [7, 11) is -3.56. The van der Waals surface area contributed by atoms with Crippen molar-refractivity contribution < 1.29 is 13.5 Å². The molecule has 2 N–H and O–H groups in total. The molecule has 114 valence electrons. The second kappa shape index (κ2) is 4.46. The van der Waals surface area contributed by atoms with Gasteiger partial charge in [-0.3, -0.25) is 0 Å². The van der Waals surface area contributed by atoms with E-state index in [1.54, 1.807) is 12.1 Å². The van der Waals surface area contributed by atoms with Gasteiger partial charge in [0.05, 0.1) is 4.90 Å². The van der Waals surface area contributed by atoms with Gasteiger partial charge in [0.2, 0.25) is 10.0 Å². The smallest absolute Gasteiger partial charge is 0.241 e. The summed E-state index contributed by atoms with van der Waals surface area (Å²) in [6.45, 7) is 0. The number of sulfonamides is 1. The molecule has 5 rings (SSSR count). The summed E-state index contributed by atoms with van der Waals surface area (Å²) >= 11 is 0. The van der Waals surface area contributed by atoms with Gasteiger partial charge in [0.25, 0.3) is 0 Å². The third-order valence-corrected chi connectivity index (χ3v) is 7.09. The molecule has 0 aliphatic heterocycles. The van der Waals surface area contributed by atoms with Gasteiger partial charge in [0.1, 0.15) is 5.75 Å². The molecule has 0 saturated heterocycles. The Morgan fingerprint density at radius 2 is 1.62 bits per heavy atom. The quantitative estimate of drug-likeness (QED) is 0.902. The van der Waals surface area contributed by atoms with Crippen molar-refractivity contribution in [2.75, 3.05) is 0 Å². The van der Waals surface area contributed by atoms with Crippen LogP contribution in [0.1, 0.15) is 38.5 Å². The average molecular weight is 307 g/mol. The van der Waals surface area contributed by atoms with E-state index in [2.05, 4.69) is 4.72 Å². The lowest BCUT2D eigenvalue weighted by Gasteiger charge is -2.56. The van der Waals surface area contributed by atoms with Gasteiger partial charge >= 0.3 is 0 Å². The molecule has 4 aliphatic carbocycles. The predicted octanol–water partition coefficient (Wildman–Crippen LogP) is 2.64. The summed E-state index contributed by atoms with van der Waals surface area (Å²) in [5.74, 6) is 2.08. The molecule has 4 saturated carbocycles. The van der Waals surface area contributed by atoms with Gasteiger partial charge in [-0.15, -0.1) is 0 Å². The molecule has 0 atom stereocenters. The molecule has 1 aromatic rings. The van der Waals surface area contributed by atoms with E-state index in [1.807, 2.05) is 0 Å². The zero-order chi connectivity index (χ0) is 14.7. The van der Waals surface area contributed by atoms with E-state index in [-0.39, 0.29) is 16.2 Å². The number of hydrogen-bond donors (Lipinski definition) is 2. The van der Waals surface area contributed by atoms with Crippen LogP contribution in [0.5, 0.6) is 5.75 Å². The van der Waals surface area contributed by atoms with Crippen molar-refractivity contribution in [1.82, 2.24) is 4.72 Å². The first kappa shape index (κ1) is 13.6. The van der Waals surface area contributed by atoms with Crippen LogP contribution in [0.2, 0.25) is 0 Å². The fraction of sp³-hybridized carbons (Fsp3) is 0.625. The number of aromatic hydroxyl groups is 1. The lowest BCUT2D eigenvalue weighted by molar-refractivity contribution is -0.00810. The minimum absolute atomic E-state index is 0.0108. The number of phenolic OH excluding ortho intramolecular Hbond substituents is 1. The Balaban J connectivity index is 1.63. The maximum absolute atomic E-state index is 12.6. The molecule has 0 spiro atoms. The average Bonchev–Trinajstić information content (AvgIpc) is 2.35. The number of nitrogens with one attached hydrogen (secondary N) is 1. The highest BCUT2D eigenvalue weighted by molar-refractivity contribution is 7.89. The second-order valence-corrected chi connectivity index (χ2v) is 8.98. The normalized spacial score (nSPS) is 37.8. The third-order valence-electron chi connectivity index (χ3n) is 5.52. The number of hydrogen-bond acceptors (Lipinski definition) is 3. The van der Waals surface area contributed by atoms with Crippen LogP contribution in [0.4, 0.5) is 0 Å². The predicted molar refractivity (Wildman–Crippen MR) is 79.3 cm³/mol. The first-order chi connectivity index (χ1) is 9.94. The summed E-state index contributed by atoms with van der Waals surface area (Å²) in [6.07, 6.45) is 6.80. The Labute approximate surface area is 125 Å². The van der Waals surface area contributed by atoms with Crippen molar-refractivity contribution in [3.63, 3.8) is 0 Å². The number of benzene rings is 1. The first-order valence-corrected chi connectivity index (χ1v) is 9.25. The summed E-state index contributed by atoms with van der Waals surface area (Å²) in [6, 6.07) is 5.93. The van der Waals surface area contributed by atoms with Gasteiger partial charge in [-0.2, -0.15) is 0 Å². The van der Waals surface area contributed by atoms with Crippen LogP contribution in [0, 0.1) is 17.8 Å². The molecule has 0 unspecified atom stereocenters. The fourth-order valence-corrected chi connectivity index (χ4v) is 6.70. The fourth-order valence-electron chi connectivity index (χ4n) is 5.23. The van der Waals surface area contributed by atoms with Gasteiger partial charge < -0.3 is 5.11 Å². The Kier molecular flexibility index (Phi) is 2.89. The van der Waals surface area contributed by atoms with E-state index in [0.717, 1.165) is 19.3 Å². The standard InChI is InChI=1S/C16H21NO3S/c18-14-2-1-3-15(7-14)21(19,20)17-16-8-11-4-12(9-16)6-13(5-11)10-16/h1-3,7,11-13,17-18H,4-6,8-10H2. The van der Waals surface area contributed by atoms with Crippen molar-refractivity contribution in [2.45, 2.75) is 49.0 Å². The van der Waals surface area contributed by atoms with Crippen molar-refractivity contribution in [3.8, 4) is 5.75 Å². The van der Waals surface area contributed by atoms with Crippen LogP contribution >= 0.6 is 0 Å². The van der Waals surface area contributed by atoms with Crippen LogP contribution in [0.15, 0.2) is 29.2 Å². The summed E-state index contributed by atoms with van der Waals surface area (Å²) in [4.78, 5) is 0.165. The van der Waals surface area contributed by atoms with Crippen LogP contribution in [0.3, 0.4) is 0 Å². The van der Waals surface area contributed by atoms with E-state index >= 15 is 0 Å². The molecule has 0 heterocycles. The zero-order valence-corrected chi connectivity index (χ0v) is 12.8. The maximum atomic E-state index is 12.6. The molecule has 4 aliphatic rings. The minimum atomic E-state index is -3.56. The highest BCUT2D eigenvalue weighted by Gasteiger charge is 2.52. The van der Waals surface area contributed by atoms with E-state index in [9.17, 15) is 13.5 Å². The first-order valence-electron chi connectivity index (χ1n) is 7.77. The SMILES string of the molecule is O=S(=O)(NC12CC3CC(CC(C3)C1)C2)c1cccc(O)c1. The minimum Gasteiger partial charge on any atom is -0.508 e. The molecule has 4 bridgehead atoms. The Morgan fingerprint density at radius 1 is 1.05 bits per heavy atom. The van der Waals surface area contributed by atoms with Crippen molar-refractivity contribution in [3.05, 3.63) is 24.3 Å². The largest absolute Gasteiger partial charge is 0.508 e. The van der Waals surface area contributed by atoms with Gasteiger partial charge in [-0.05, 0) is 74.5 Å². The van der Waals surface area contributed by atoms with E-state index < -0.39 is 10.0 Å². The summed E-state index contributed by atoms with van der Waals surface area (Å²) < 4.78 is 28.3. The zero-order valence-electron chi connectivity index (χ0n) is 12.0. The van der Waals surface area contributed by atoms with Crippen LogP contribution in [-0.4, -0.2) is 19.1 Å². The number of rotatable bonds is 3. The molecule has 1 aromatic carbocycles. The molecule has 0 radical (unpaired) electrons. The third kappa shape index (κ3) is 2.36. The highest BCUT2D eigenvalue weighted by atomic mass is 32.2. The van der Waals surface area contributed by atoms with Crippen molar-refractivity contribution in [1.29, 1.82) is 0 Å². The van der Waals surface area contributed by atoms with Crippen molar-refractivity contribution in [2.24, 2.45) is 17.8 Å². The molecule has 0 amide bonds. The van der Waals surface area contributed by atoms with Gasteiger partial charge in [0.15, 0.2) is 0 Å². The van der Waals surface area contributed by atoms with E-state index in [1.165, 1.54) is 31.4 Å². The molecular weight excluding hydrogens is 286 g/mol. The second-order valence-electron chi connectivity index (χ2n) is 7.30. The Morgan fingerprint density at radius 3 is 2.14 bits per heavy atom. The van der Waals surface area contributed by atoms with Crippen LogP contribution < -0.4 is 4.72 Å². The Bertz CT molecular complexity index is 633. The van der Waals surface area contributed by atoms with Gasteiger partial charge in [0, 0.05) is 5.54 Å². The lowest BCUT2D eigenvalue weighted by atomic mass is 9.53. The molecule has 5 heteroatoms. The highest BCUT2D eigenvalue weighted by Crippen LogP contribution is 2.55.